The van der Waals surface area contributed by atoms with Gasteiger partial charge in [-0.1, -0.05) is 0 Å². The summed E-state index contributed by atoms with van der Waals surface area (Å²) in [6.45, 7) is 3.66. The smallest absolute Gasteiger partial charge is 0.294 e. The van der Waals surface area contributed by atoms with E-state index < -0.39 is 0 Å². The van der Waals surface area contributed by atoms with Crippen molar-refractivity contribution in [1.29, 1.82) is 0 Å². The van der Waals surface area contributed by atoms with Crippen molar-refractivity contribution in [2.75, 3.05) is 13.1 Å². The SMILES string of the molecule is CC(OC=O)N1CCC(=O)CC1. The van der Waals surface area contributed by atoms with Crippen LogP contribution in [0.5, 0.6) is 0 Å². The highest BCUT2D eigenvalue weighted by atomic mass is 16.5. The van der Waals surface area contributed by atoms with Gasteiger partial charge < -0.3 is 4.74 Å². The molecule has 1 atom stereocenters. The molecule has 1 fully saturated rings. The molecule has 12 heavy (non-hydrogen) atoms. The molecular weight excluding hydrogens is 158 g/mol. The first-order valence-corrected chi connectivity index (χ1v) is 4.09. The molecule has 1 unspecified atom stereocenters. The lowest BCUT2D eigenvalue weighted by atomic mass is 10.1. The van der Waals surface area contributed by atoms with E-state index in [-0.39, 0.29) is 6.23 Å². The number of ether oxygens (including phenoxy) is 1. The monoisotopic (exact) mass is 171 g/mol. The minimum absolute atomic E-state index is 0.199. The van der Waals surface area contributed by atoms with Gasteiger partial charge in [-0.15, -0.1) is 0 Å². The van der Waals surface area contributed by atoms with E-state index in [1.54, 1.807) is 0 Å². The molecule has 0 radical (unpaired) electrons. The standard InChI is InChI=1S/C8H13NO3/c1-7(12-6-10)9-4-2-8(11)3-5-9/h6-7H,2-5H2,1H3. The summed E-state index contributed by atoms with van der Waals surface area (Å²) in [6.07, 6.45) is 0.953. The van der Waals surface area contributed by atoms with Crippen LogP contribution in [0, 0.1) is 0 Å². The molecule has 1 saturated heterocycles. The summed E-state index contributed by atoms with van der Waals surface area (Å²) in [5.41, 5.74) is 0. The maximum absolute atomic E-state index is 10.9. The molecule has 1 heterocycles. The molecule has 0 amide bonds. The number of rotatable bonds is 3. The van der Waals surface area contributed by atoms with Gasteiger partial charge in [-0.2, -0.15) is 0 Å². The highest BCUT2D eigenvalue weighted by molar-refractivity contribution is 5.79. The Balaban J connectivity index is 2.33. The first kappa shape index (κ1) is 9.19. The van der Waals surface area contributed by atoms with E-state index >= 15 is 0 Å². The van der Waals surface area contributed by atoms with E-state index in [2.05, 4.69) is 0 Å². The van der Waals surface area contributed by atoms with Crippen molar-refractivity contribution >= 4 is 12.3 Å². The number of hydrogen-bond donors (Lipinski definition) is 0. The van der Waals surface area contributed by atoms with E-state index in [4.69, 9.17) is 4.74 Å². The topological polar surface area (TPSA) is 46.6 Å². The number of likely N-dealkylation sites (tertiary alicyclic amines) is 1. The second kappa shape index (κ2) is 4.21. The van der Waals surface area contributed by atoms with Crippen LogP contribution in [0.1, 0.15) is 19.8 Å². The summed E-state index contributed by atoms with van der Waals surface area (Å²) in [4.78, 5) is 22.8. The predicted molar refractivity (Wildman–Crippen MR) is 42.4 cm³/mol. The summed E-state index contributed by atoms with van der Waals surface area (Å²) >= 11 is 0. The molecule has 4 nitrogen and oxygen atoms in total. The summed E-state index contributed by atoms with van der Waals surface area (Å²) in [5.74, 6) is 0.296. The molecule has 0 aromatic rings. The number of nitrogens with zero attached hydrogens (tertiary/aromatic N) is 1. The van der Waals surface area contributed by atoms with Gasteiger partial charge >= 0.3 is 0 Å². The van der Waals surface area contributed by atoms with Gasteiger partial charge in [0.05, 0.1) is 0 Å². The molecule has 1 rings (SSSR count). The third kappa shape index (κ3) is 2.30. The van der Waals surface area contributed by atoms with Crippen LogP contribution < -0.4 is 0 Å². The number of carbonyl (C=O) groups excluding carboxylic acids is 2. The molecule has 0 saturated carbocycles. The number of piperidine rings is 1. The van der Waals surface area contributed by atoms with Gasteiger partial charge in [0.2, 0.25) is 0 Å². The fourth-order valence-electron chi connectivity index (χ4n) is 1.30. The van der Waals surface area contributed by atoms with Crippen molar-refractivity contribution in [3.05, 3.63) is 0 Å². The zero-order valence-corrected chi connectivity index (χ0v) is 7.16. The first-order chi connectivity index (χ1) is 5.74. The van der Waals surface area contributed by atoms with E-state index in [0.717, 1.165) is 0 Å². The Morgan fingerprint density at radius 3 is 2.58 bits per heavy atom. The quantitative estimate of drug-likeness (QED) is 0.568. The minimum atomic E-state index is -0.199. The lowest BCUT2D eigenvalue weighted by Gasteiger charge is -2.29. The van der Waals surface area contributed by atoms with Gasteiger partial charge in [0, 0.05) is 25.9 Å². The lowest BCUT2D eigenvalue weighted by molar-refractivity contribution is -0.143. The zero-order valence-electron chi connectivity index (χ0n) is 7.16. The van der Waals surface area contributed by atoms with Crippen molar-refractivity contribution in [1.82, 2.24) is 4.90 Å². The van der Waals surface area contributed by atoms with Crippen LogP contribution in [-0.4, -0.2) is 36.5 Å². The Kier molecular flexibility index (Phi) is 3.22. The Morgan fingerprint density at radius 1 is 1.50 bits per heavy atom. The van der Waals surface area contributed by atoms with Crippen LogP contribution in [0.15, 0.2) is 0 Å². The second-order valence-corrected chi connectivity index (χ2v) is 2.91. The minimum Gasteiger partial charge on any atom is -0.449 e. The van der Waals surface area contributed by atoms with E-state index in [9.17, 15) is 9.59 Å². The molecule has 4 heteroatoms. The van der Waals surface area contributed by atoms with Crippen molar-refractivity contribution in [3.8, 4) is 0 Å². The van der Waals surface area contributed by atoms with Gasteiger partial charge in [-0.3, -0.25) is 14.5 Å². The van der Waals surface area contributed by atoms with E-state index in [1.807, 2.05) is 11.8 Å². The molecule has 68 valence electrons. The molecule has 1 aliphatic heterocycles. The predicted octanol–water partition coefficient (Wildman–Crippen LogP) is 0.170. The maximum atomic E-state index is 10.9. The largest absolute Gasteiger partial charge is 0.449 e. The highest BCUT2D eigenvalue weighted by Gasteiger charge is 2.20. The average molecular weight is 171 g/mol. The van der Waals surface area contributed by atoms with E-state index in [0.29, 0.717) is 38.2 Å². The van der Waals surface area contributed by atoms with Crippen LogP contribution in [-0.2, 0) is 14.3 Å². The third-order valence-electron chi connectivity index (χ3n) is 2.12. The van der Waals surface area contributed by atoms with Gasteiger partial charge in [0.25, 0.3) is 6.47 Å². The van der Waals surface area contributed by atoms with Gasteiger partial charge in [0.1, 0.15) is 5.78 Å². The number of hydrogen-bond acceptors (Lipinski definition) is 4. The normalized spacial score (nSPS) is 21.9. The number of ketones is 1. The number of Topliss-reactive ketones (excluding diaryl/α,β-unsaturated/α-hetero) is 1. The van der Waals surface area contributed by atoms with Crippen molar-refractivity contribution < 1.29 is 14.3 Å². The van der Waals surface area contributed by atoms with Crippen molar-refractivity contribution in [2.24, 2.45) is 0 Å². The van der Waals surface area contributed by atoms with Gasteiger partial charge in [0.15, 0.2) is 6.23 Å². The maximum Gasteiger partial charge on any atom is 0.294 e. The van der Waals surface area contributed by atoms with Crippen LogP contribution in [0.4, 0.5) is 0 Å². The summed E-state index contributed by atoms with van der Waals surface area (Å²) in [7, 11) is 0. The molecule has 1 aliphatic rings. The van der Waals surface area contributed by atoms with Crippen LogP contribution >= 0.6 is 0 Å². The van der Waals surface area contributed by atoms with E-state index in [1.165, 1.54) is 0 Å². The van der Waals surface area contributed by atoms with Crippen LogP contribution in [0.3, 0.4) is 0 Å². The van der Waals surface area contributed by atoms with Gasteiger partial charge in [-0.25, -0.2) is 0 Å². The Morgan fingerprint density at radius 2 is 2.08 bits per heavy atom. The average Bonchev–Trinajstić information content (AvgIpc) is 2.06. The lowest BCUT2D eigenvalue weighted by Crippen LogP contribution is -2.41. The molecule has 0 bridgehead atoms. The highest BCUT2D eigenvalue weighted by Crippen LogP contribution is 2.09. The van der Waals surface area contributed by atoms with Gasteiger partial charge in [-0.05, 0) is 6.92 Å². The molecule has 0 aliphatic carbocycles. The second-order valence-electron chi connectivity index (χ2n) is 2.91. The molecule has 0 N–H and O–H groups in total. The Bertz CT molecular complexity index is 171. The number of carbonyl (C=O) groups is 2. The zero-order chi connectivity index (χ0) is 8.97. The Hall–Kier alpha value is -0.900. The Labute approximate surface area is 71.5 Å². The summed E-state index contributed by atoms with van der Waals surface area (Å²) < 4.78 is 4.75. The van der Waals surface area contributed by atoms with Crippen LogP contribution in [0.25, 0.3) is 0 Å². The van der Waals surface area contributed by atoms with Crippen LogP contribution in [0.2, 0.25) is 0 Å². The van der Waals surface area contributed by atoms with Crippen molar-refractivity contribution in [2.45, 2.75) is 26.0 Å². The van der Waals surface area contributed by atoms with Crippen molar-refractivity contribution in [3.63, 3.8) is 0 Å². The molecule has 0 aromatic carbocycles. The first-order valence-electron chi connectivity index (χ1n) is 4.09. The molecule has 0 aromatic heterocycles. The third-order valence-corrected chi connectivity index (χ3v) is 2.12. The molecular formula is C8H13NO3. The summed E-state index contributed by atoms with van der Waals surface area (Å²) in [5, 5.41) is 0. The summed E-state index contributed by atoms with van der Waals surface area (Å²) in [6, 6.07) is 0. The fourth-order valence-corrected chi connectivity index (χ4v) is 1.30. The molecule has 0 spiro atoms. The fraction of sp³-hybridized carbons (Fsp3) is 0.750.